The number of rotatable bonds is 17. The first-order chi connectivity index (χ1) is 16.4. The quantitative estimate of drug-likeness (QED) is 0.178. The molecule has 0 aliphatic rings. The third-order valence-electron chi connectivity index (χ3n) is 5.77. The fourth-order valence-corrected chi connectivity index (χ4v) is 3.71. The summed E-state index contributed by atoms with van der Waals surface area (Å²) in [6.45, 7) is 6.19. The summed E-state index contributed by atoms with van der Waals surface area (Å²) in [6, 6.07) is 10.0. The third kappa shape index (κ3) is 13.3. The summed E-state index contributed by atoms with van der Waals surface area (Å²) in [4.78, 5) is 23.3. The van der Waals surface area contributed by atoms with Crippen LogP contribution in [0.15, 0.2) is 54.6 Å². The zero-order valence-corrected chi connectivity index (χ0v) is 21.0. The summed E-state index contributed by atoms with van der Waals surface area (Å²) in [7, 11) is 0. The molecule has 0 fully saturated rings. The van der Waals surface area contributed by atoms with Gasteiger partial charge in [0, 0.05) is 25.3 Å². The molecule has 6 nitrogen and oxygen atoms in total. The number of carbonyl (C=O) groups excluding carboxylic acids is 2. The van der Waals surface area contributed by atoms with Crippen LogP contribution in [0.1, 0.15) is 64.9 Å². The molecule has 0 spiro atoms. The molecular weight excluding hydrogens is 430 g/mol. The fraction of sp³-hybridized carbons (Fsp3) is 0.571. The Balaban J connectivity index is 2.70. The second kappa shape index (κ2) is 18.0. The molecule has 0 bridgehead atoms. The highest BCUT2D eigenvalue weighted by Crippen LogP contribution is 2.24. The van der Waals surface area contributed by atoms with E-state index in [4.69, 9.17) is 4.74 Å². The van der Waals surface area contributed by atoms with Crippen molar-refractivity contribution in [1.82, 2.24) is 5.32 Å². The molecule has 0 radical (unpaired) electrons. The minimum absolute atomic E-state index is 0.0616. The molecule has 0 heterocycles. The fourth-order valence-electron chi connectivity index (χ4n) is 3.71. The number of aliphatic hydroxyl groups is 2. The molecule has 1 aromatic carbocycles. The van der Waals surface area contributed by atoms with Gasteiger partial charge >= 0.3 is 5.97 Å². The lowest BCUT2D eigenvalue weighted by Crippen LogP contribution is -2.28. The molecule has 3 N–H and O–H groups in total. The Morgan fingerprint density at radius 2 is 1.82 bits per heavy atom. The zero-order chi connectivity index (χ0) is 25.2. The van der Waals surface area contributed by atoms with Gasteiger partial charge in [0.2, 0.25) is 5.91 Å². The number of aryl methyl sites for hydroxylation is 1. The maximum absolute atomic E-state index is 11.7. The molecule has 6 heteroatoms. The Morgan fingerprint density at radius 3 is 2.47 bits per heavy atom. The van der Waals surface area contributed by atoms with Gasteiger partial charge in [0.05, 0.1) is 18.8 Å². The normalized spacial score (nSPS) is 15.2. The predicted octanol–water partition coefficient (Wildman–Crippen LogP) is 4.36. The maximum Gasteiger partial charge on any atom is 0.305 e. The number of ether oxygens (including phenoxy) is 1. The number of nitrogens with one attached hydrogen (secondary N) is 1. The first kappa shape index (κ1) is 29.6. The molecule has 1 amide bonds. The highest BCUT2D eigenvalue weighted by molar-refractivity contribution is 5.75. The van der Waals surface area contributed by atoms with Crippen molar-refractivity contribution in [2.75, 3.05) is 13.2 Å². The molecule has 1 rings (SSSR count). The molecule has 0 saturated carbocycles. The molecule has 4 unspecified atom stereocenters. The van der Waals surface area contributed by atoms with E-state index >= 15 is 0 Å². The summed E-state index contributed by atoms with van der Waals surface area (Å²) in [6.07, 6.45) is 10.7. The zero-order valence-electron chi connectivity index (χ0n) is 21.0. The van der Waals surface area contributed by atoms with Crippen molar-refractivity contribution in [3.8, 4) is 0 Å². The molecule has 190 valence electrons. The van der Waals surface area contributed by atoms with Crippen molar-refractivity contribution in [2.45, 2.75) is 77.9 Å². The first-order valence-corrected chi connectivity index (χ1v) is 12.5. The highest BCUT2D eigenvalue weighted by Gasteiger charge is 2.24. The molecule has 0 aliphatic heterocycles. The molecule has 34 heavy (non-hydrogen) atoms. The lowest BCUT2D eigenvalue weighted by atomic mass is 9.85. The topological polar surface area (TPSA) is 95.9 Å². The number of hydrogen-bond acceptors (Lipinski definition) is 5. The number of carbonyl (C=O) groups is 2. The van der Waals surface area contributed by atoms with Crippen molar-refractivity contribution < 1.29 is 24.5 Å². The van der Waals surface area contributed by atoms with Crippen LogP contribution in [0.25, 0.3) is 0 Å². The van der Waals surface area contributed by atoms with E-state index in [1.165, 1.54) is 5.56 Å². The van der Waals surface area contributed by atoms with E-state index in [0.29, 0.717) is 32.2 Å². The average molecular weight is 474 g/mol. The van der Waals surface area contributed by atoms with Crippen LogP contribution in [0.5, 0.6) is 0 Å². The van der Waals surface area contributed by atoms with Crippen LogP contribution in [-0.4, -0.2) is 47.4 Å². The minimum Gasteiger partial charge on any atom is -0.465 e. The van der Waals surface area contributed by atoms with Crippen LogP contribution in [-0.2, 0) is 20.7 Å². The lowest BCUT2D eigenvalue weighted by Gasteiger charge is -2.26. The van der Waals surface area contributed by atoms with E-state index in [1.807, 2.05) is 55.5 Å². The van der Waals surface area contributed by atoms with Crippen molar-refractivity contribution in [1.29, 1.82) is 0 Å². The third-order valence-corrected chi connectivity index (χ3v) is 5.77. The van der Waals surface area contributed by atoms with Crippen molar-refractivity contribution in [3.63, 3.8) is 0 Å². The van der Waals surface area contributed by atoms with Crippen molar-refractivity contribution in [2.24, 2.45) is 11.8 Å². The van der Waals surface area contributed by atoms with Crippen LogP contribution in [0, 0.1) is 11.8 Å². The van der Waals surface area contributed by atoms with Gasteiger partial charge in [-0.25, -0.2) is 0 Å². The van der Waals surface area contributed by atoms with Crippen LogP contribution < -0.4 is 5.32 Å². The summed E-state index contributed by atoms with van der Waals surface area (Å²) in [5.41, 5.74) is 1.17. The highest BCUT2D eigenvalue weighted by atomic mass is 16.5. The SMILES string of the molecule is CCNC(=O)CCCC=CCC(C(C)O)C(C=CC(O)CCc1ccccc1)COC(=O)CC. The van der Waals surface area contributed by atoms with Gasteiger partial charge in [-0.1, -0.05) is 61.6 Å². The number of benzene rings is 1. The summed E-state index contributed by atoms with van der Waals surface area (Å²) in [5.74, 6) is -0.608. The first-order valence-electron chi connectivity index (χ1n) is 12.5. The van der Waals surface area contributed by atoms with Gasteiger partial charge in [-0.3, -0.25) is 9.59 Å². The summed E-state index contributed by atoms with van der Waals surface area (Å²) in [5, 5.41) is 23.7. The van der Waals surface area contributed by atoms with E-state index in [1.54, 1.807) is 19.9 Å². The van der Waals surface area contributed by atoms with Gasteiger partial charge in [0.1, 0.15) is 0 Å². The Labute approximate surface area is 205 Å². The molecule has 1 aromatic rings. The average Bonchev–Trinajstić information content (AvgIpc) is 2.83. The number of amides is 1. The number of hydrogen-bond donors (Lipinski definition) is 3. The summed E-state index contributed by atoms with van der Waals surface area (Å²) >= 11 is 0. The molecule has 0 aromatic heterocycles. The Hall–Kier alpha value is -2.44. The van der Waals surface area contributed by atoms with Gasteiger partial charge in [-0.15, -0.1) is 0 Å². The lowest BCUT2D eigenvalue weighted by molar-refractivity contribution is -0.145. The maximum atomic E-state index is 11.7. The van der Waals surface area contributed by atoms with Gasteiger partial charge in [0.25, 0.3) is 0 Å². The van der Waals surface area contributed by atoms with Gasteiger partial charge in [-0.2, -0.15) is 0 Å². The monoisotopic (exact) mass is 473 g/mol. The second-order valence-corrected chi connectivity index (χ2v) is 8.63. The molecule has 0 saturated heterocycles. The molecular formula is C28H43NO5. The Morgan fingerprint density at radius 1 is 1.09 bits per heavy atom. The minimum atomic E-state index is -0.621. The van der Waals surface area contributed by atoms with E-state index < -0.39 is 12.2 Å². The van der Waals surface area contributed by atoms with Gasteiger partial charge < -0.3 is 20.3 Å². The van der Waals surface area contributed by atoms with Gasteiger partial charge in [0.15, 0.2) is 0 Å². The van der Waals surface area contributed by atoms with E-state index in [9.17, 15) is 19.8 Å². The van der Waals surface area contributed by atoms with Crippen LogP contribution in [0.3, 0.4) is 0 Å². The number of esters is 1. The number of allylic oxidation sites excluding steroid dienone is 2. The number of aliphatic hydroxyl groups excluding tert-OH is 2. The predicted molar refractivity (Wildman–Crippen MR) is 136 cm³/mol. The van der Waals surface area contributed by atoms with E-state index in [0.717, 1.165) is 19.3 Å². The van der Waals surface area contributed by atoms with Crippen LogP contribution in [0.2, 0.25) is 0 Å². The van der Waals surface area contributed by atoms with Gasteiger partial charge in [-0.05, 0) is 57.4 Å². The Kier molecular flexibility index (Phi) is 15.6. The largest absolute Gasteiger partial charge is 0.465 e. The molecule has 0 aliphatic carbocycles. The smallest absolute Gasteiger partial charge is 0.305 e. The molecule has 4 atom stereocenters. The summed E-state index contributed by atoms with van der Waals surface area (Å²) < 4.78 is 5.39. The van der Waals surface area contributed by atoms with Crippen molar-refractivity contribution >= 4 is 11.9 Å². The van der Waals surface area contributed by atoms with Crippen LogP contribution >= 0.6 is 0 Å². The van der Waals surface area contributed by atoms with Crippen LogP contribution in [0.4, 0.5) is 0 Å². The Bertz CT molecular complexity index is 744. The van der Waals surface area contributed by atoms with E-state index in [-0.39, 0.29) is 30.3 Å². The number of unbranched alkanes of at least 4 members (excludes halogenated alkanes) is 1. The standard InChI is InChI=1S/C28H43NO5/c1-4-28(33)34-21-24(18-20-25(31)19-17-23-13-9-8-10-14-23)26(22(3)30)15-11-6-7-12-16-27(32)29-5-2/h6,8-11,13-14,18,20,22,24-26,30-31H,4-5,7,12,15-17,19,21H2,1-3H3,(H,29,32). The van der Waals surface area contributed by atoms with Crippen molar-refractivity contribution in [3.05, 3.63) is 60.2 Å². The van der Waals surface area contributed by atoms with E-state index in [2.05, 4.69) is 5.32 Å². The second-order valence-electron chi connectivity index (χ2n) is 8.63.